The summed E-state index contributed by atoms with van der Waals surface area (Å²) >= 11 is 2.40. The molecule has 13 heavy (non-hydrogen) atoms. The number of alkyl halides is 1. The van der Waals surface area contributed by atoms with Crippen LogP contribution < -0.4 is 4.90 Å². The van der Waals surface area contributed by atoms with Gasteiger partial charge in [-0.3, -0.25) is 0 Å². The van der Waals surface area contributed by atoms with Crippen molar-refractivity contribution in [3.05, 3.63) is 29.8 Å². The van der Waals surface area contributed by atoms with Crippen LogP contribution in [0.15, 0.2) is 24.3 Å². The molecule has 0 aliphatic rings. The molecule has 1 rings (SSSR count). The normalized spacial score (nSPS) is 9.15. The Hall–Kier alpha value is 0.373. The average molecular weight is 341 g/mol. The molecule has 0 atom stereocenters. The number of hydrogen-bond donors (Lipinski definition) is 0. The van der Waals surface area contributed by atoms with E-state index in [1.165, 1.54) is 22.1 Å². The van der Waals surface area contributed by atoms with Gasteiger partial charge in [-0.2, -0.15) is 0 Å². The van der Waals surface area contributed by atoms with Crippen LogP contribution >= 0.6 is 22.6 Å². The quantitative estimate of drug-likeness (QED) is 0.465. The number of halogens is 1. The molecule has 0 radical (unpaired) electrons. The Morgan fingerprint density at radius 2 is 1.69 bits per heavy atom. The zero-order valence-corrected chi connectivity index (χ0v) is 13.4. The van der Waals surface area contributed by atoms with Gasteiger partial charge >= 0.3 is 0 Å². The first-order valence-corrected chi connectivity index (χ1v) is 5.59. The van der Waals surface area contributed by atoms with Crippen LogP contribution in [0.1, 0.15) is 5.56 Å². The maximum Gasteiger partial charge on any atom is 0.0361 e. The first-order chi connectivity index (χ1) is 5.74. The molecule has 0 aromatic heterocycles. The van der Waals surface area contributed by atoms with Gasteiger partial charge in [0.05, 0.1) is 0 Å². The monoisotopic (exact) mass is 339 g/mol. The average Bonchev–Trinajstić information content (AvgIpc) is 2.06. The molecule has 0 bridgehead atoms. The number of anilines is 1. The zero-order chi connectivity index (χ0) is 8.97. The third-order valence-electron chi connectivity index (χ3n) is 1.84. The second kappa shape index (κ2) is 6.77. The van der Waals surface area contributed by atoms with Gasteiger partial charge in [0.2, 0.25) is 0 Å². The van der Waals surface area contributed by atoms with Gasteiger partial charge in [0, 0.05) is 43.7 Å². The van der Waals surface area contributed by atoms with Crippen LogP contribution in [0.4, 0.5) is 5.69 Å². The SMILES string of the molecule is CN(C)c1ccc(CCI)cc1.[Zn]. The van der Waals surface area contributed by atoms with Gasteiger partial charge in [-0.25, -0.2) is 0 Å². The van der Waals surface area contributed by atoms with Crippen LogP contribution in [0.2, 0.25) is 0 Å². The standard InChI is InChI=1S/C10H14IN.Zn/c1-12(2)10-5-3-9(4-6-10)7-8-11;/h3-6H,7-8H2,1-2H3;. The van der Waals surface area contributed by atoms with Crippen LogP contribution in [0, 0.1) is 0 Å². The largest absolute Gasteiger partial charge is 0.378 e. The fourth-order valence-electron chi connectivity index (χ4n) is 1.07. The van der Waals surface area contributed by atoms with Crippen LogP contribution in [-0.4, -0.2) is 18.5 Å². The predicted octanol–water partition coefficient (Wildman–Crippen LogP) is 2.73. The van der Waals surface area contributed by atoms with Gasteiger partial charge < -0.3 is 4.90 Å². The number of nitrogens with zero attached hydrogens (tertiary/aromatic N) is 1. The Bertz CT molecular complexity index is 233. The predicted molar refractivity (Wildman–Crippen MR) is 63.4 cm³/mol. The third kappa shape index (κ3) is 4.41. The first-order valence-electron chi connectivity index (χ1n) is 4.06. The Labute approximate surface area is 107 Å². The molecule has 0 aliphatic heterocycles. The summed E-state index contributed by atoms with van der Waals surface area (Å²) in [5.74, 6) is 0. The van der Waals surface area contributed by atoms with E-state index in [0.29, 0.717) is 0 Å². The molecule has 1 aromatic rings. The van der Waals surface area contributed by atoms with E-state index in [9.17, 15) is 0 Å². The summed E-state index contributed by atoms with van der Waals surface area (Å²) in [6.45, 7) is 0. The summed E-state index contributed by atoms with van der Waals surface area (Å²) in [6, 6.07) is 8.74. The Morgan fingerprint density at radius 1 is 1.15 bits per heavy atom. The van der Waals surface area contributed by atoms with E-state index < -0.39 is 0 Å². The smallest absolute Gasteiger partial charge is 0.0361 e. The van der Waals surface area contributed by atoms with Crippen molar-refractivity contribution in [3.63, 3.8) is 0 Å². The number of rotatable bonds is 3. The number of aryl methyl sites for hydroxylation is 1. The molecular weight excluding hydrogens is 326 g/mol. The van der Waals surface area contributed by atoms with Crippen molar-refractivity contribution in [1.82, 2.24) is 0 Å². The van der Waals surface area contributed by atoms with Crippen molar-refractivity contribution in [2.24, 2.45) is 0 Å². The van der Waals surface area contributed by atoms with Crippen molar-refractivity contribution in [3.8, 4) is 0 Å². The molecular formula is C10H14INZn. The molecule has 0 saturated heterocycles. The second-order valence-electron chi connectivity index (χ2n) is 3.00. The summed E-state index contributed by atoms with van der Waals surface area (Å²) in [5, 5.41) is 0. The maximum atomic E-state index is 2.40. The van der Waals surface area contributed by atoms with Crippen molar-refractivity contribution >= 4 is 28.3 Å². The molecule has 68 valence electrons. The molecule has 0 amide bonds. The second-order valence-corrected chi connectivity index (χ2v) is 4.08. The molecule has 0 N–H and O–H groups in total. The van der Waals surface area contributed by atoms with E-state index >= 15 is 0 Å². The van der Waals surface area contributed by atoms with Crippen molar-refractivity contribution in [1.29, 1.82) is 0 Å². The van der Waals surface area contributed by atoms with Crippen molar-refractivity contribution in [2.45, 2.75) is 6.42 Å². The maximum absolute atomic E-state index is 2.40. The Morgan fingerprint density at radius 3 is 2.08 bits per heavy atom. The van der Waals surface area contributed by atoms with Crippen LogP contribution in [0.25, 0.3) is 0 Å². The molecule has 0 heterocycles. The van der Waals surface area contributed by atoms with Gasteiger partial charge in [-0.15, -0.1) is 0 Å². The topological polar surface area (TPSA) is 3.24 Å². The summed E-state index contributed by atoms with van der Waals surface area (Å²) in [5.41, 5.74) is 2.70. The number of benzene rings is 1. The summed E-state index contributed by atoms with van der Waals surface area (Å²) in [4.78, 5) is 2.12. The minimum atomic E-state index is 0. The van der Waals surface area contributed by atoms with Gasteiger partial charge in [0.15, 0.2) is 0 Å². The minimum Gasteiger partial charge on any atom is -0.378 e. The minimum absolute atomic E-state index is 0. The van der Waals surface area contributed by atoms with E-state index in [2.05, 4.69) is 65.9 Å². The zero-order valence-electron chi connectivity index (χ0n) is 8.26. The molecule has 1 aromatic carbocycles. The first kappa shape index (κ1) is 13.4. The summed E-state index contributed by atoms with van der Waals surface area (Å²) in [7, 11) is 4.13. The molecule has 0 aliphatic carbocycles. The Kier molecular flexibility index (Phi) is 6.97. The molecule has 3 heteroatoms. The van der Waals surface area contributed by atoms with E-state index in [1.54, 1.807) is 0 Å². The van der Waals surface area contributed by atoms with E-state index in [0.717, 1.165) is 0 Å². The van der Waals surface area contributed by atoms with Crippen LogP contribution in [0.5, 0.6) is 0 Å². The molecule has 0 fully saturated rings. The van der Waals surface area contributed by atoms with E-state index in [-0.39, 0.29) is 19.5 Å². The fraction of sp³-hybridized carbons (Fsp3) is 0.400. The summed E-state index contributed by atoms with van der Waals surface area (Å²) < 4.78 is 1.19. The molecule has 1 nitrogen and oxygen atoms in total. The van der Waals surface area contributed by atoms with E-state index in [1.807, 2.05) is 0 Å². The van der Waals surface area contributed by atoms with Gasteiger partial charge in [0.1, 0.15) is 0 Å². The number of hydrogen-bond acceptors (Lipinski definition) is 1. The van der Waals surface area contributed by atoms with Crippen LogP contribution in [0.3, 0.4) is 0 Å². The van der Waals surface area contributed by atoms with Crippen LogP contribution in [-0.2, 0) is 25.9 Å². The van der Waals surface area contributed by atoms with Gasteiger partial charge in [-0.1, -0.05) is 34.7 Å². The molecule has 0 unspecified atom stereocenters. The van der Waals surface area contributed by atoms with Gasteiger partial charge in [-0.05, 0) is 24.1 Å². The Balaban J connectivity index is 0.00000144. The van der Waals surface area contributed by atoms with Gasteiger partial charge in [0.25, 0.3) is 0 Å². The van der Waals surface area contributed by atoms with Crippen molar-refractivity contribution < 1.29 is 19.5 Å². The fourth-order valence-corrected chi connectivity index (χ4v) is 1.69. The molecule has 0 saturated carbocycles. The third-order valence-corrected chi connectivity index (χ3v) is 2.38. The molecule has 0 spiro atoms. The summed E-state index contributed by atoms with van der Waals surface area (Å²) in [6.07, 6.45) is 1.17. The van der Waals surface area contributed by atoms with E-state index in [4.69, 9.17) is 0 Å². The van der Waals surface area contributed by atoms with Crippen molar-refractivity contribution in [2.75, 3.05) is 23.4 Å².